The fourth-order valence-electron chi connectivity index (χ4n) is 7.85. The van der Waals surface area contributed by atoms with Gasteiger partial charge in [-0.1, -0.05) is 263 Å². The van der Waals surface area contributed by atoms with Gasteiger partial charge in [0.05, 0.1) is 18.8 Å². The average Bonchev–Trinajstić information content (AvgIpc) is 3.20. The van der Waals surface area contributed by atoms with Gasteiger partial charge in [0.1, 0.15) is 6.10 Å². The van der Waals surface area contributed by atoms with Crippen molar-refractivity contribution in [2.75, 3.05) is 6.61 Å². The summed E-state index contributed by atoms with van der Waals surface area (Å²) in [5, 5.41) is 33.2. The van der Waals surface area contributed by atoms with Crippen molar-refractivity contribution in [2.24, 2.45) is 0 Å². The summed E-state index contributed by atoms with van der Waals surface area (Å²) in [7, 11) is 0. The molecule has 1 amide bonds. The van der Waals surface area contributed by atoms with E-state index >= 15 is 0 Å². The molecule has 0 heterocycles. The number of aliphatic hydroxyl groups excluding tert-OH is 3. The molecular formula is C51H99NO4. The average molecular weight is 790 g/mol. The van der Waals surface area contributed by atoms with E-state index in [0.29, 0.717) is 6.42 Å². The van der Waals surface area contributed by atoms with Gasteiger partial charge in [-0.05, 0) is 32.1 Å². The fourth-order valence-corrected chi connectivity index (χ4v) is 7.85. The Morgan fingerprint density at radius 2 is 0.732 bits per heavy atom. The van der Waals surface area contributed by atoms with Crippen LogP contribution in [0.25, 0.3) is 0 Å². The number of hydrogen-bond donors (Lipinski definition) is 4. The summed E-state index contributed by atoms with van der Waals surface area (Å²) >= 11 is 0. The zero-order chi connectivity index (χ0) is 40.8. The standard InChI is InChI=1S/C51H99NO4/c1-3-5-7-9-11-13-15-17-19-20-21-22-23-24-25-26-27-28-29-30-31-32-34-36-38-40-42-44-46-50(55)51(56)52-48(47-53)49(54)45-43-41-39-37-35-33-18-16-14-12-10-8-6-4-2/h35,37,43,45,48-50,53-55H,3-34,36,38-42,44,46-47H2,1-2H3,(H,52,56)/b37-35+,45-43+. The molecule has 0 bridgehead atoms. The highest BCUT2D eigenvalue weighted by Gasteiger charge is 2.22. The number of carbonyl (C=O) groups is 1. The van der Waals surface area contributed by atoms with E-state index in [4.69, 9.17) is 0 Å². The largest absolute Gasteiger partial charge is 0.394 e. The van der Waals surface area contributed by atoms with Crippen molar-refractivity contribution in [2.45, 2.75) is 289 Å². The van der Waals surface area contributed by atoms with Crippen LogP contribution in [0.15, 0.2) is 24.3 Å². The van der Waals surface area contributed by atoms with Crippen LogP contribution in [-0.2, 0) is 4.79 Å². The summed E-state index contributed by atoms with van der Waals surface area (Å²) in [6.07, 6.45) is 58.2. The van der Waals surface area contributed by atoms with E-state index in [2.05, 4.69) is 31.3 Å². The first-order valence-corrected chi connectivity index (χ1v) is 25.2. The Morgan fingerprint density at radius 3 is 1.09 bits per heavy atom. The van der Waals surface area contributed by atoms with Crippen molar-refractivity contribution in [1.29, 1.82) is 0 Å². The van der Waals surface area contributed by atoms with Crippen LogP contribution in [0, 0.1) is 0 Å². The molecular weight excluding hydrogens is 691 g/mol. The minimum atomic E-state index is -1.10. The van der Waals surface area contributed by atoms with Gasteiger partial charge in [0.25, 0.3) is 0 Å². The molecule has 0 aliphatic heterocycles. The number of carbonyl (C=O) groups excluding carboxylic acids is 1. The number of amides is 1. The minimum absolute atomic E-state index is 0.373. The molecule has 56 heavy (non-hydrogen) atoms. The summed E-state index contributed by atoms with van der Waals surface area (Å²) < 4.78 is 0. The predicted molar refractivity (Wildman–Crippen MR) is 245 cm³/mol. The fraction of sp³-hybridized carbons (Fsp3) is 0.902. The molecule has 0 aliphatic carbocycles. The zero-order valence-electron chi connectivity index (χ0n) is 37.8. The van der Waals surface area contributed by atoms with E-state index in [1.54, 1.807) is 6.08 Å². The summed E-state index contributed by atoms with van der Waals surface area (Å²) in [6.45, 7) is 4.18. The van der Waals surface area contributed by atoms with Crippen molar-refractivity contribution in [3.05, 3.63) is 24.3 Å². The van der Waals surface area contributed by atoms with E-state index in [9.17, 15) is 20.1 Å². The van der Waals surface area contributed by atoms with Gasteiger partial charge in [0.2, 0.25) is 5.91 Å². The van der Waals surface area contributed by atoms with Gasteiger partial charge in [-0.3, -0.25) is 4.79 Å². The lowest BCUT2D eigenvalue weighted by Crippen LogP contribution is -2.48. The molecule has 0 spiro atoms. The summed E-state index contributed by atoms with van der Waals surface area (Å²) in [5.74, 6) is -0.509. The van der Waals surface area contributed by atoms with Crippen LogP contribution in [-0.4, -0.2) is 46.1 Å². The van der Waals surface area contributed by atoms with Crippen LogP contribution in [0.1, 0.15) is 271 Å². The van der Waals surface area contributed by atoms with Gasteiger partial charge >= 0.3 is 0 Å². The molecule has 5 heteroatoms. The maximum atomic E-state index is 12.5. The second-order valence-electron chi connectivity index (χ2n) is 17.4. The monoisotopic (exact) mass is 790 g/mol. The summed E-state index contributed by atoms with van der Waals surface area (Å²) in [4.78, 5) is 12.5. The quantitative estimate of drug-likeness (QED) is 0.0365. The number of allylic oxidation sites excluding steroid dienone is 3. The van der Waals surface area contributed by atoms with Crippen molar-refractivity contribution in [3.8, 4) is 0 Å². The van der Waals surface area contributed by atoms with Crippen LogP contribution in [0.4, 0.5) is 0 Å². The van der Waals surface area contributed by atoms with Gasteiger partial charge in [-0.2, -0.15) is 0 Å². The number of rotatable bonds is 46. The molecule has 0 aromatic rings. The summed E-state index contributed by atoms with van der Waals surface area (Å²) in [5.41, 5.74) is 0. The first kappa shape index (κ1) is 54.8. The lowest BCUT2D eigenvalue weighted by molar-refractivity contribution is -0.131. The highest BCUT2D eigenvalue weighted by Crippen LogP contribution is 2.17. The lowest BCUT2D eigenvalue weighted by atomic mass is 10.0. The topological polar surface area (TPSA) is 89.8 Å². The number of hydrogen-bond acceptors (Lipinski definition) is 4. The van der Waals surface area contributed by atoms with Crippen molar-refractivity contribution >= 4 is 5.91 Å². The molecule has 0 aliphatic rings. The SMILES string of the molecule is CCCCCCCCCC/C=C/CC/C=C/C(O)C(CO)NC(=O)C(O)CCCCCCCCCCCCCCCCCCCCCCCCCCCCCC. The normalized spacial score (nSPS) is 13.6. The van der Waals surface area contributed by atoms with Crippen LogP contribution >= 0.6 is 0 Å². The Kier molecular flexibility index (Phi) is 45.5. The van der Waals surface area contributed by atoms with E-state index < -0.39 is 24.2 Å². The number of aliphatic hydroxyl groups is 3. The molecule has 0 aromatic carbocycles. The van der Waals surface area contributed by atoms with Gasteiger partial charge in [-0.25, -0.2) is 0 Å². The highest BCUT2D eigenvalue weighted by atomic mass is 16.3. The maximum absolute atomic E-state index is 12.5. The first-order valence-electron chi connectivity index (χ1n) is 25.2. The van der Waals surface area contributed by atoms with E-state index in [0.717, 1.165) is 38.5 Å². The van der Waals surface area contributed by atoms with Gasteiger partial charge in [0, 0.05) is 0 Å². The molecule has 0 aromatic heterocycles. The molecule has 3 unspecified atom stereocenters. The van der Waals surface area contributed by atoms with Crippen LogP contribution in [0.5, 0.6) is 0 Å². The van der Waals surface area contributed by atoms with E-state index in [1.165, 1.54) is 212 Å². The Bertz CT molecular complexity index is 829. The van der Waals surface area contributed by atoms with Crippen LogP contribution in [0.2, 0.25) is 0 Å². The zero-order valence-corrected chi connectivity index (χ0v) is 37.8. The third-order valence-electron chi connectivity index (χ3n) is 11.8. The smallest absolute Gasteiger partial charge is 0.249 e. The van der Waals surface area contributed by atoms with Gasteiger partial charge < -0.3 is 20.6 Å². The first-order chi connectivity index (χ1) is 27.6. The molecule has 0 fully saturated rings. The second-order valence-corrected chi connectivity index (χ2v) is 17.4. The molecule has 4 N–H and O–H groups in total. The molecule has 0 radical (unpaired) electrons. The minimum Gasteiger partial charge on any atom is -0.394 e. The van der Waals surface area contributed by atoms with Crippen LogP contribution < -0.4 is 5.32 Å². The third kappa shape index (κ3) is 41.0. The summed E-state index contributed by atoms with van der Waals surface area (Å²) in [6, 6.07) is -0.811. The molecule has 0 saturated carbocycles. The Balaban J connectivity index is 3.55. The second kappa shape index (κ2) is 46.5. The maximum Gasteiger partial charge on any atom is 0.249 e. The van der Waals surface area contributed by atoms with Gasteiger partial charge in [-0.15, -0.1) is 0 Å². The Labute approximate surface area is 350 Å². The number of unbranched alkanes of at least 4 members (excludes halogenated alkanes) is 36. The van der Waals surface area contributed by atoms with Crippen molar-refractivity contribution < 1.29 is 20.1 Å². The van der Waals surface area contributed by atoms with Crippen molar-refractivity contribution in [3.63, 3.8) is 0 Å². The molecule has 5 nitrogen and oxygen atoms in total. The lowest BCUT2D eigenvalue weighted by Gasteiger charge is -2.21. The van der Waals surface area contributed by atoms with E-state index in [-0.39, 0.29) is 6.61 Å². The molecule has 332 valence electrons. The van der Waals surface area contributed by atoms with E-state index in [1.807, 2.05) is 6.08 Å². The number of nitrogens with one attached hydrogen (secondary N) is 1. The predicted octanol–water partition coefficient (Wildman–Crippen LogP) is 14.9. The van der Waals surface area contributed by atoms with Crippen molar-refractivity contribution in [1.82, 2.24) is 5.32 Å². The molecule has 0 saturated heterocycles. The third-order valence-corrected chi connectivity index (χ3v) is 11.8. The Morgan fingerprint density at radius 1 is 0.429 bits per heavy atom. The van der Waals surface area contributed by atoms with Gasteiger partial charge in [0.15, 0.2) is 0 Å². The molecule has 3 atom stereocenters. The Hall–Kier alpha value is -1.17. The highest BCUT2D eigenvalue weighted by molar-refractivity contribution is 5.80. The molecule has 0 rings (SSSR count). The van der Waals surface area contributed by atoms with Crippen LogP contribution in [0.3, 0.4) is 0 Å².